The monoisotopic (exact) mass is 477 g/mol. The molecule has 0 aliphatic carbocycles. The summed E-state index contributed by atoms with van der Waals surface area (Å²) in [5.41, 5.74) is -0.214. The molecule has 1 fully saturated rings. The van der Waals surface area contributed by atoms with Gasteiger partial charge in [-0.3, -0.25) is 0 Å². The number of benzene rings is 1. The number of aryl methyl sites for hydroxylation is 1. The zero-order chi connectivity index (χ0) is 23.3. The Balaban J connectivity index is 1.31. The summed E-state index contributed by atoms with van der Waals surface area (Å²) >= 11 is 1.56. The minimum atomic E-state index is -3.35. The number of aromatic amines is 1. The normalized spacial score (nSPS) is 17.7. The Labute approximate surface area is 193 Å². The lowest BCUT2D eigenvalue weighted by Crippen LogP contribution is -2.47. The van der Waals surface area contributed by atoms with E-state index in [1.165, 1.54) is 24.3 Å². The minimum Gasteiger partial charge on any atom is -0.449 e. The molecule has 1 saturated heterocycles. The number of hydrogen-bond donors (Lipinski definition) is 2. The maximum absolute atomic E-state index is 14.6. The molecule has 8 nitrogen and oxygen atoms in total. The van der Waals surface area contributed by atoms with Gasteiger partial charge >= 0.3 is 6.09 Å². The highest BCUT2D eigenvalue weighted by Crippen LogP contribution is 2.34. The number of aromatic nitrogens is 4. The molecule has 2 N–H and O–H groups in total. The summed E-state index contributed by atoms with van der Waals surface area (Å²) in [5, 5.41) is 24.1. The van der Waals surface area contributed by atoms with Crippen LogP contribution in [0, 0.1) is 0 Å². The molecule has 1 amide bonds. The number of aliphatic hydroxyl groups excluding tert-OH is 1. The van der Waals surface area contributed by atoms with Gasteiger partial charge in [0.1, 0.15) is 6.10 Å². The van der Waals surface area contributed by atoms with Crippen molar-refractivity contribution in [3.63, 3.8) is 0 Å². The number of H-pyrrole nitrogens is 1. The molecule has 0 unspecified atom stereocenters. The number of hydrogen-bond acceptors (Lipinski definition) is 7. The van der Waals surface area contributed by atoms with Crippen LogP contribution in [0.1, 0.15) is 36.1 Å². The zero-order valence-electron chi connectivity index (χ0n) is 17.9. The standard InChI is InChI=1S/C22H25F2N5O3S/c23-22(24,15-5-2-1-3-6-15)19(30)11-8-16-12-14-32-21(31)29(16)13-4-7-17-9-10-18(33-17)20-25-27-28-26-20/h1-3,5-6,9-10,16,19,30H,4,7-8,11-14H2,(H,25,26,27,28)/t16-,19+/m0/s1. The fourth-order valence-corrected chi connectivity index (χ4v) is 4.93. The second-order valence-electron chi connectivity index (χ2n) is 7.94. The van der Waals surface area contributed by atoms with E-state index in [1.54, 1.807) is 22.3 Å². The van der Waals surface area contributed by atoms with E-state index in [9.17, 15) is 18.7 Å². The van der Waals surface area contributed by atoms with Crippen molar-refractivity contribution in [1.29, 1.82) is 0 Å². The van der Waals surface area contributed by atoms with Gasteiger partial charge in [0.05, 0.1) is 11.5 Å². The Hall–Kier alpha value is -2.92. The minimum absolute atomic E-state index is 0.116. The molecule has 1 aliphatic heterocycles. The van der Waals surface area contributed by atoms with Crippen molar-refractivity contribution in [2.75, 3.05) is 13.2 Å². The van der Waals surface area contributed by atoms with Gasteiger partial charge in [0.2, 0.25) is 5.82 Å². The fourth-order valence-electron chi connectivity index (χ4n) is 3.95. The molecule has 1 aromatic carbocycles. The first-order valence-corrected chi connectivity index (χ1v) is 11.6. The Morgan fingerprint density at radius 1 is 1.27 bits per heavy atom. The summed E-state index contributed by atoms with van der Waals surface area (Å²) in [7, 11) is 0. The molecule has 3 aromatic rings. The Morgan fingerprint density at radius 3 is 2.85 bits per heavy atom. The van der Waals surface area contributed by atoms with Crippen LogP contribution in [0.25, 0.3) is 10.7 Å². The predicted molar refractivity (Wildman–Crippen MR) is 118 cm³/mol. The number of tetrazole rings is 1. The van der Waals surface area contributed by atoms with Crippen LogP contribution < -0.4 is 0 Å². The van der Waals surface area contributed by atoms with E-state index in [1.807, 2.05) is 12.1 Å². The van der Waals surface area contributed by atoms with Crippen molar-refractivity contribution in [1.82, 2.24) is 25.5 Å². The maximum atomic E-state index is 14.6. The first-order chi connectivity index (χ1) is 15.9. The van der Waals surface area contributed by atoms with E-state index in [2.05, 4.69) is 20.6 Å². The van der Waals surface area contributed by atoms with Crippen LogP contribution in [0.2, 0.25) is 0 Å². The highest BCUT2D eigenvalue weighted by molar-refractivity contribution is 7.15. The number of aliphatic hydroxyl groups is 1. The SMILES string of the molecule is O=C1OCC[C@H](CC[C@@H](O)C(F)(F)c2ccccc2)N1CCCc1ccc(-c2nn[nH]n2)s1. The molecule has 1 aliphatic rings. The quantitative estimate of drug-likeness (QED) is 0.457. The maximum Gasteiger partial charge on any atom is 0.410 e. The third-order valence-electron chi connectivity index (χ3n) is 5.75. The average molecular weight is 478 g/mol. The lowest BCUT2D eigenvalue weighted by atomic mass is 9.96. The number of cyclic esters (lactones) is 1. The molecule has 0 bridgehead atoms. The van der Waals surface area contributed by atoms with Crippen molar-refractivity contribution in [2.24, 2.45) is 0 Å². The van der Waals surface area contributed by atoms with Crippen molar-refractivity contribution in [2.45, 2.75) is 50.2 Å². The van der Waals surface area contributed by atoms with Crippen LogP contribution in [0.3, 0.4) is 0 Å². The van der Waals surface area contributed by atoms with Crippen LogP contribution in [0.5, 0.6) is 0 Å². The van der Waals surface area contributed by atoms with E-state index in [-0.39, 0.29) is 31.1 Å². The van der Waals surface area contributed by atoms with Crippen molar-refractivity contribution in [3.05, 3.63) is 52.9 Å². The van der Waals surface area contributed by atoms with Crippen LogP contribution in [0.4, 0.5) is 13.6 Å². The molecule has 0 saturated carbocycles. The van der Waals surface area contributed by atoms with E-state index in [4.69, 9.17) is 4.74 Å². The van der Waals surface area contributed by atoms with Gasteiger partial charge in [-0.1, -0.05) is 30.3 Å². The Bertz CT molecular complexity index is 1030. The lowest BCUT2D eigenvalue weighted by molar-refractivity contribution is -0.120. The molecule has 3 heterocycles. The van der Waals surface area contributed by atoms with E-state index in [0.29, 0.717) is 25.2 Å². The smallest absolute Gasteiger partial charge is 0.410 e. The van der Waals surface area contributed by atoms with Gasteiger partial charge in [-0.2, -0.15) is 14.0 Å². The number of carbonyl (C=O) groups excluding carboxylic acids is 1. The highest BCUT2D eigenvalue weighted by atomic mass is 32.1. The van der Waals surface area contributed by atoms with Gasteiger partial charge in [-0.25, -0.2) is 4.79 Å². The molecular formula is C22H25F2N5O3S. The van der Waals surface area contributed by atoms with Gasteiger partial charge in [0.15, 0.2) is 0 Å². The average Bonchev–Trinajstić information content (AvgIpc) is 3.51. The number of ether oxygens (including phenoxy) is 1. The van der Waals surface area contributed by atoms with Gasteiger partial charge in [0, 0.05) is 29.4 Å². The summed E-state index contributed by atoms with van der Waals surface area (Å²) in [6, 6.07) is 11.0. The van der Waals surface area contributed by atoms with E-state index >= 15 is 0 Å². The predicted octanol–water partition coefficient (Wildman–Crippen LogP) is 4.00. The molecule has 33 heavy (non-hydrogen) atoms. The molecule has 2 aromatic heterocycles. The Kier molecular flexibility index (Phi) is 7.29. The highest BCUT2D eigenvalue weighted by Gasteiger charge is 2.41. The van der Waals surface area contributed by atoms with Crippen LogP contribution >= 0.6 is 11.3 Å². The second kappa shape index (κ2) is 10.3. The number of rotatable bonds is 10. The summed E-state index contributed by atoms with van der Waals surface area (Å²) in [4.78, 5) is 16.0. The second-order valence-corrected chi connectivity index (χ2v) is 9.11. The summed E-state index contributed by atoms with van der Waals surface area (Å²) in [6.07, 6.45) is -0.108. The van der Waals surface area contributed by atoms with Crippen molar-refractivity contribution in [3.8, 4) is 10.7 Å². The lowest BCUT2D eigenvalue weighted by Gasteiger charge is -2.36. The van der Waals surface area contributed by atoms with Crippen molar-refractivity contribution < 1.29 is 23.4 Å². The summed E-state index contributed by atoms with van der Waals surface area (Å²) in [5.74, 6) is -2.81. The van der Waals surface area contributed by atoms with E-state index < -0.39 is 18.1 Å². The van der Waals surface area contributed by atoms with Gasteiger partial charge in [-0.05, 0) is 43.0 Å². The van der Waals surface area contributed by atoms with Gasteiger partial charge in [-0.15, -0.1) is 21.5 Å². The first-order valence-electron chi connectivity index (χ1n) is 10.8. The molecule has 4 rings (SSSR count). The molecule has 2 atom stereocenters. The number of thiophene rings is 1. The van der Waals surface area contributed by atoms with Crippen LogP contribution in [-0.2, 0) is 17.1 Å². The molecule has 176 valence electrons. The number of nitrogens with zero attached hydrogens (tertiary/aromatic N) is 4. The number of nitrogens with one attached hydrogen (secondary N) is 1. The van der Waals surface area contributed by atoms with Gasteiger partial charge in [0.25, 0.3) is 5.92 Å². The molecule has 11 heteroatoms. The molecule has 0 spiro atoms. The molecular weight excluding hydrogens is 452 g/mol. The zero-order valence-corrected chi connectivity index (χ0v) is 18.7. The largest absolute Gasteiger partial charge is 0.449 e. The first kappa shape index (κ1) is 23.2. The van der Waals surface area contributed by atoms with Crippen LogP contribution in [0.15, 0.2) is 42.5 Å². The number of carbonyl (C=O) groups is 1. The summed E-state index contributed by atoms with van der Waals surface area (Å²) in [6.45, 7) is 0.703. The summed E-state index contributed by atoms with van der Waals surface area (Å²) < 4.78 is 34.4. The van der Waals surface area contributed by atoms with Crippen LogP contribution in [-0.4, -0.2) is 62.0 Å². The number of halogens is 2. The third-order valence-corrected chi connectivity index (χ3v) is 6.89. The fraction of sp³-hybridized carbons (Fsp3) is 0.455. The Morgan fingerprint density at radius 2 is 2.09 bits per heavy atom. The van der Waals surface area contributed by atoms with Gasteiger partial charge < -0.3 is 14.7 Å². The topological polar surface area (TPSA) is 104 Å². The number of amides is 1. The van der Waals surface area contributed by atoms with E-state index in [0.717, 1.165) is 16.2 Å². The number of alkyl halides is 2. The third kappa shape index (κ3) is 5.53. The molecule has 0 radical (unpaired) electrons. The van der Waals surface area contributed by atoms with Crippen molar-refractivity contribution >= 4 is 17.4 Å².